The van der Waals surface area contributed by atoms with Gasteiger partial charge in [0.2, 0.25) is 5.76 Å². The molecule has 1 atom stereocenters. The molecule has 0 saturated heterocycles. The largest absolute Gasteiger partial charge is 0.350 e. The Morgan fingerprint density at radius 1 is 1.40 bits per heavy atom. The van der Waals surface area contributed by atoms with Crippen LogP contribution in [-0.4, -0.2) is 24.2 Å². The zero-order valence-electron chi connectivity index (χ0n) is 11.2. The molecule has 0 radical (unpaired) electrons. The molecule has 20 heavy (non-hydrogen) atoms. The van der Waals surface area contributed by atoms with Crippen molar-refractivity contribution in [2.45, 2.75) is 6.92 Å². The van der Waals surface area contributed by atoms with Gasteiger partial charge in [0.1, 0.15) is 5.69 Å². The number of rotatable bonds is 5. The molecular formula is C14H18ClN3O2. The third kappa shape index (κ3) is 4.08. The summed E-state index contributed by atoms with van der Waals surface area (Å²) in [6.07, 6.45) is 0. The zero-order valence-corrected chi connectivity index (χ0v) is 12.0. The van der Waals surface area contributed by atoms with E-state index < -0.39 is 0 Å². The number of aromatic nitrogens is 1. The predicted octanol–water partition coefficient (Wildman–Crippen LogP) is 2.09. The van der Waals surface area contributed by atoms with Gasteiger partial charge in [-0.3, -0.25) is 4.79 Å². The molecule has 1 unspecified atom stereocenters. The Kier molecular flexibility index (Phi) is 6.21. The van der Waals surface area contributed by atoms with E-state index in [0.717, 1.165) is 5.56 Å². The molecule has 0 aliphatic heterocycles. The minimum Gasteiger partial charge on any atom is -0.350 e. The van der Waals surface area contributed by atoms with Crippen molar-refractivity contribution in [2.75, 3.05) is 13.1 Å². The van der Waals surface area contributed by atoms with Gasteiger partial charge in [0.15, 0.2) is 0 Å². The number of carbonyl (C=O) groups is 1. The SMILES string of the molecule is CC(CN)CNC(=O)c1cc(-c2ccccc2)no1.Cl. The third-order valence-electron chi connectivity index (χ3n) is 2.82. The first kappa shape index (κ1) is 16.2. The summed E-state index contributed by atoms with van der Waals surface area (Å²) >= 11 is 0. The standard InChI is InChI=1S/C14H17N3O2.ClH/c1-10(8-15)9-16-14(18)13-7-12(17-19-13)11-5-3-2-4-6-11;/h2-7,10H,8-9,15H2,1H3,(H,16,18);1H. The van der Waals surface area contributed by atoms with Crippen molar-refractivity contribution in [2.24, 2.45) is 11.7 Å². The number of nitrogens with one attached hydrogen (secondary N) is 1. The summed E-state index contributed by atoms with van der Waals surface area (Å²) in [6.45, 7) is 3.03. The minimum absolute atomic E-state index is 0. The third-order valence-corrected chi connectivity index (χ3v) is 2.82. The van der Waals surface area contributed by atoms with Crippen molar-refractivity contribution >= 4 is 18.3 Å². The molecule has 1 aromatic heterocycles. The number of benzene rings is 1. The average Bonchev–Trinajstić information content (AvgIpc) is 2.95. The van der Waals surface area contributed by atoms with Gasteiger partial charge in [-0.15, -0.1) is 12.4 Å². The van der Waals surface area contributed by atoms with E-state index in [0.29, 0.717) is 18.8 Å². The van der Waals surface area contributed by atoms with Crippen molar-refractivity contribution < 1.29 is 9.32 Å². The summed E-state index contributed by atoms with van der Waals surface area (Å²) in [4.78, 5) is 11.8. The number of hydrogen-bond acceptors (Lipinski definition) is 4. The van der Waals surface area contributed by atoms with Gasteiger partial charge in [0, 0.05) is 18.2 Å². The first-order valence-corrected chi connectivity index (χ1v) is 6.21. The molecule has 2 rings (SSSR count). The monoisotopic (exact) mass is 295 g/mol. The molecule has 108 valence electrons. The van der Waals surface area contributed by atoms with E-state index in [1.807, 2.05) is 37.3 Å². The van der Waals surface area contributed by atoms with Gasteiger partial charge in [-0.2, -0.15) is 0 Å². The van der Waals surface area contributed by atoms with Crippen LogP contribution in [0, 0.1) is 5.92 Å². The van der Waals surface area contributed by atoms with Gasteiger partial charge in [-0.25, -0.2) is 0 Å². The Morgan fingerprint density at radius 2 is 2.10 bits per heavy atom. The van der Waals surface area contributed by atoms with E-state index in [4.69, 9.17) is 10.3 Å². The van der Waals surface area contributed by atoms with Crippen molar-refractivity contribution in [3.8, 4) is 11.3 Å². The molecule has 0 fully saturated rings. The van der Waals surface area contributed by atoms with Gasteiger partial charge in [-0.1, -0.05) is 42.4 Å². The molecule has 2 aromatic rings. The van der Waals surface area contributed by atoms with Crippen LogP contribution in [0.3, 0.4) is 0 Å². The number of halogens is 1. The van der Waals surface area contributed by atoms with Crippen LogP contribution in [0.15, 0.2) is 40.9 Å². The lowest BCUT2D eigenvalue weighted by Gasteiger charge is -2.07. The van der Waals surface area contributed by atoms with Crippen molar-refractivity contribution in [3.63, 3.8) is 0 Å². The van der Waals surface area contributed by atoms with E-state index in [1.54, 1.807) is 6.07 Å². The van der Waals surface area contributed by atoms with Crippen molar-refractivity contribution in [1.29, 1.82) is 0 Å². The highest BCUT2D eigenvalue weighted by atomic mass is 35.5. The Hall–Kier alpha value is -1.85. The highest BCUT2D eigenvalue weighted by Crippen LogP contribution is 2.18. The molecule has 6 heteroatoms. The van der Waals surface area contributed by atoms with E-state index in [2.05, 4.69) is 10.5 Å². The molecular weight excluding hydrogens is 278 g/mol. The number of hydrogen-bond donors (Lipinski definition) is 2. The maximum atomic E-state index is 11.8. The second kappa shape index (κ2) is 7.67. The highest BCUT2D eigenvalue weighted by Gasteiger charge is 2.14. The second-order valence-electron chi connectivity index (χ2n) is 4.49. The fourth-order valence-corrected chi connectivity index (χ4v) is 1.56. The van der Waals surface area contributed by atoms with Crippen LogP contribution < -0.4 is 11.1 Å². The molecule has 3 N–H and O–H groups in total. The van der Waals surface area contributed by atoms with E-state index in [9.17, 15) is 4.79 Å². The number of amides is 1. The summed E-state index contributed by atoms with van der Waals surface area (Å²) in [5.41, 5.74) is 7.06. The summed E-state index contributed by atoms with van der Waals surface area (Å²) in [6, 6.07) is 11.2. The Balaban J connectivity index is 0.00000200. The van der Waals surface area contributed by atoms with Gasteiger partial charge < -0.3 is 15.6 Å². The fourth-order valence-electron chi connectivity index (χ4n) is 1.56. The first-order chi connectivity index (χ1) is 9.20. The Morgan fingerprint density at radius 3 is 2.75 bits per heavy atom. The maximum Gasteiger partial charge on any atom is 0.289 e. The van der Waals surface area contributed by atoms with E-state index in [-0.39, 0.29) is 30.0 Å². The van der Waals surface area contributed by atoms with E-state index >= 15 is 0 Å². The lowest BCUT2D eigenvalue weighted by molar-refractivity contribution is 0.0911. The summed E-state index contributed by atoms with van der Waals surface area (Å²) in [5, 5.41) is 6.66. The summed E-state index contributed by atoms with van der Waals surface area (Å²) in [5.74, 6) is 0.179. The smallest absolute Gasteiger partial charge is 0.289 e. The van der Waals surface area contributed by atoms with E-state index in [1.165, 1.54) is 0 Å². The van der Waals surface area contributed by atoms with Crippen LogP contribution in [-0.2, 0) is 0 Å². The van der Waals surface area contributed by atoms with Crippen molar-refractivity contribution in [3.05, 3.63) is 42.2 Å². The molecule has 0 aliphatic carbocycles. The lowest BCUT2D eigenvalue weighted by atomic mass is 10.1. The van der Waals surface area contributed by atoms with Crippen LogP contribution in [0.4, 0.5) is 0 Å². The fraction of sp³-hybridized carbons (Fsp3) is 0.286. The molecule has 0 bridgehead atoms. The topological polar surface area (TPSA) is 81.1 Å². The van der Waals surface area contributed by atoms with Crippen LogP contribution in [0.5, 0.6) is 0 Å². The van der Waals surface area contributed by atoms with Gasteiger partial charge in [0.25, 0.3) is 5.91 Å². The second-order valence-corrected chi connectivity index (χ2v) is 4.49. The predicted molar refractivity (Wildman–Crippen MR) is 79.7 cm³/mol. The number of carbonyl (C=O) groups excluding carboxylic acids is 1. The highest BCUT2D eigenvalue weighted by molar-refractivity contribution is 5.92. The van der Waals surface area contributed by atoms with Gasteiger partial charge in [0.05, 0.1) is 0 Å². The Labute approximate surface area is 123 Å². The summed E-state index contributed by atoms with van der Waals surface area (Å²) < 4.78 is 5.05. The lowest BCUT2D eigenvalue weighted by Crippen LogP contribution is -2.31. The molecule has 0 saturated carbocycles. The van der Waals surface area contributed by atoms with Gasteiger partial charge >= 0.3 is 0 Å². The number of nitrogens with zero attached hydrogens (tertiary/aromatic N) is 1. The minimum atomic E-state index is -0.269. The molecule has 0 spiro atoms. The van der Waals surface area contributed by atoms with Crippen LogP contribution in [0.2, 0.25) is 0 Å². The molecule has 1 aromatic carbocycles. The maximum absolute atomic E-state index is 11.8. The van der Waals surface area contributed by atoms with Crippen LogP contribution in [0.1, 0.15) is 17.5 Å². The average molecular weight is 296 g/mol. The molecule has 1 heterocycles. The normalized spacial score (nSPS) is 11.5. The van der Waals surface area contributed by atoms with Crippen molar-refractivity contribution in [1.82, 2.24) is 10.5 Å². The Bertz CT molecular complexity index is 542. The first-order valence-electron chi connectivity index (χ1n) is 6.21. The quantitative estimate of drug-likeness (QED) is 0.885. The molecule has 1 amide bonds. The van der Waals surface area contributed by atoms with Crippen LogP contribution in [0.25, 0.3) is 11.3 Å². The summed E-state index contributed by atoms with van der Waals surface area (Å²) in [7, 11) is 0. The molecule has 5 nitrogen and oxygen atoms in total. The molecule has 0 aliphatic rings. The number of nitrogens with two attached hydrogens (primary N) is 1. The zero-order chi connectivity index (χ0) is 13.7. The van der Waals surface area contributed by atoms with Gasteiger partial charge in [-0.05, 0) is 12.5 Å². The van der Waals surface area contributed by atoms with Crippen LogP contribution >= 0.6 is 12.4 Å².